The molecule has 214 valence electrons. The third kappa shape index (κ3) is 4.40. The minimum Gasteiger partial charge on any atom is -0.465 e. The second-order valence-corrected chi connectivity index (χ2v) is 10.9. The number of ketones is 1. The summed E-state index contributed by atoms with van der Waals surface area (Å²) in [7, 11) is 2.03. The van der Waals surface area contributed by atoms with E-state index in [0.717, 1.165) is 38.6 Å². The molecule has 1 aliphatic carbocycles. The number of allylic oxidation sites excluding steroid dienone is 3. The summed E-state index contributed by atoms with van der Waals surface area (Å²) in [5, 5.41) is 5.49. The maximum Gasteiger partial charge on any atom is 0.336 e. The first-order valence-corrected chi connectivity index (χ1v) is 14.5. The third-order valence-corrected chi connectivity index (χ3v) is 8.55. The summed E-state index contributed by atoms with van der Waals surface area (Å²) in [6, 6.07) is 23.9. The average Bonchev–Trinajstić information content (AvgIpc) is 3.28. The van der Waals surface area contributed by atoms with Crippen LogP contribution >= 0.6 is 0 Å². The summed E-state index contributed by atoms with van der Waals surface area (Å²) in [5.74, 6) is -3.49. The van der Waals surface area contributed by atoms with Gasteiger partial charge in [0.1, 0.15) is 5.92 Å². The Morgan fingerprint density at radius 3 is 2.31 bits per heavy atom. The summed E-state index contributed by atoms with van der Waals surface area (Å²) in [4.78, 5) is 41.5. The van der Waals surface area contributed by atoms with Gasteiger partial charge >= 0.3 is 11.9 Å². The minimum atomic E-state index is -1.03. The van der Waals surface area contributed by atoms with E-state index in [9.17, 15) is 14.4 Å². The van der Waals surface area contributed by atoms with Crippen molar-refractivity contribution < 1.29 is 23.9 Å². The number of aryl methyl sites for hydroxylation is 1. The molecule has 0 unspecified atom stereocenters. The van der Waals surface area contributed by atoms with Crippen LogP contribution in [0.25, 0.3) is 21.8 Å². The molecule has 7 heteroatoms. The second-order valence-electron chi connectivity index (χ2n) is 10.9. The van der Waals surface area contributed by atoms with Crippen molar-refractivity contribution >= 4 is 39.5 Å². The van der Waals surface area contributed by atoms with Gasteiger partial charge in [-0.25, -0.2) is 4.79 Å². The van der Waals surface area contributed by atoms with Gasteiger partial charge in [-0.15, -0.1) is 0 Å². The fraction of sp³-hybridized carbons (Fsp3) is 0.286. The van der Waals surface area contributed by atoms with Crippen LogP contribution < -0.4 is 5.32 Å². The Hall–Kier alpha value is -4.65. The molecule has 0 radical (unpaired) electrons. The molecule has 0 bridgehead atoms. The highest BCUT2D eigenvalue weighted by atomic mass is 16.5. The number of esters is 2. The number of dihydropyridines is 1. The van der Waals surface area contributed by atoms with Gasteiger partial charge in [-0.1, -0.05) is 54.6 Å². The Morgan fingerprint density at radius 1 is 0.881 bits per heavy atom. The molecular formula is C35H34N2O5. The zero-order valence-corrected chi connectivity index (χ0v) is 24.3. The fourth-order valence-corrected chi connectivity index (χ4v) is 6.73. The summed E-state index contributed by atoms with van der Waals surface area (Å²) < 4.78 is 13.1. The van der Waals surface area contributed by atoms with Crippen LogP contribution in [0.1, 0.15) is 50.2 Å². The number of nitrogens with zero attached hydrogens (tertiary/aromatic N) is 1. The van der Waals surface area contributed by atoms with Gasteiger partial charge in [0.25, 0.3) is 0 Å². The molecule has 0 saturated carbocycles. The summed E-state index contributed by atoms with van der Waals surface area (Å²) in [5.41, 5.74) is 6.00. The zero-order valence-electron chi connectivity index (χ0n) is 24.3. The van der Waals surface area contributed by atoms with Crippen LogP contribution in [0.5, 0.6) is 0 Å². The third-order valence-electron chi connectivity index (χ3n) is 8.55. The van der Waals surface area contributed by atoms with Crippen molar-refractivity contribution in [3.8, 4) is 0 Å². The van der Waals surface area contributed by atoms with Crippen LogP contribution in [0.3, 0.4) is 0 Å². The first-order chi connectivity index (χ1) is 20.3. The van der Waals surface area contributed by atoms with Crippen molar-refractivity contribution in [1.82, 2.24) is 9.88 Å². The van der Waals surface area contributed by atoms with Gasteiger partial charge < -0.3 is 19.4 Å². The molecule has 2 heterocycles. The molecule has 7 nitrogen and oxygen atoms in total. The standard InChI is InChI=1S/C35H34N2O5/c1-5-41-34(39)29-20(3)36-26-19-24(21-12-8-7-9-13-21)31(35(40)42-6-2)33(38)32(26)30(29)22-16-17-28-25(18-22)23-14-10-11-15-27(23)37(28)4/h7-18,24,30-31,36H,5-6,19H2,1-4H3/t24-,30-,31+/m1/s1. The van der Waals surface area contributed by atoms with Gasteiger partial charge in [0.05, 0.1) is 18.8 Å². The quantitative estimate of drug-likeness (QED) is 0.228. The Morgan fingerprint density at radius 2 is 1.57 bits per heavy atom. The molecule has 6 rings (SSSR count). The van der Waals surface area contributed by atoms with E-state index in [4.69, 9.17) is 9.47 Å². The van der Waals surface area contributed by atoms with Crippen molar-refractivity contribution in [2.24, 2.45) is 13.0 Å². The fourth-order valence-electron chi connectivity index (χ4n) is 6.73. The summed E-state index contributed by atoms with van der Waals surface area (Å²) >= 11 is 0. The molecule has 0 saturated heterocycles. The molecule has 4 aromatic rings. The van der Waals surface area contributed by atoms with E-state index in [0.29, 0.717) is 23.3 Å². The normalized spacial score (nSPS) is 20.5. The van der Waals surface area contributed by atoms with Crippen molar-refractivity contribution in [3.63, 3.8) is 0 Å². The SMILES string of the molecule is CCOC(=O)C1=C(C)NC2=C(C(=O)[C@@H](C(=O)OCC)[C@@H](c3ccccc3)C2)[C@@H]1c1ccc2c(c1)c1ccccc1n2C. The summed E-state index contributed by atoms with van der Waals surface area (Å²) in [6.45, 7) is 5.72. The van der Waals surface area contributed by atoms with Crippen molar-refractivity contribution in [1.29, 1.82) is 0 Å². The number of carbonyl (C=O) groups is 3. The second kappa shape index (κ2) is 11.0. The number of rotatable bonds is 6. The molecule has 2 aliphatic rings. The van der Waals surface area contributed by atoms with Gasteiger partial charge in [-0.2, -0.15) is 0 Å². The Bertz CT molecular complexity index is 1800. The molecule has 3 aromatic carbocycles. The monoisotopic (exact) mass is 562 g/mol. The highest BCUT2D eigenvalue weighted by Crippen LogP contribution is 2.48. The van der Waals surface area contributed by atoms with Gasteiger partial charge in [-0.3, -0.25) is 9.59 Å². The Kier molecular flexibility index (Phi) is 7.19. The Labute approximate surface area is 244 Å². The molecule has 1 aromatic heterocycles. The zero-order chi connectivity index (χ0) is 29.5. The van der Waals surface area contributed by atoms with E-state index in [1.807, 2.05) is 68.6 Å². The summed E-state index contributed by atoms with van der Waals surface area (Å²) in [6.07, 6.45) is 0.426. The van der Waals surface area contributed by atoms with Crippen molar-refractivity contribution in [2.45, 2.75) is 39.0 Å². The predicted molar refractivity (Wildman–Crippen MR) is 162 cm³/mol. The van der Waals surface area contributed by atoms with Gasteiger partial charge in [0, 0.05) is 57.7 Å². The molecule has 0 fully saturated rings. The van der Waals surface area contributed by atoms with E-state index in [1.54, 1.807) is 13.8 Å². The number of para-hydroxylation sites is 1. The molecule has 0 amide bonds. The van der Waals surface area contributed by atoms with E-state index < -0.39 is 29.7 Å². The predicted octanol–water partition coefficient (Wildman–Crippen LogP) is 6.05. The number of fused-ring (bicyclic) bond motifs is 3. The van der Waals surface area contributed by atoms with Crippen LogP contribution in [0.4, 0.5) is 0 Å². The highest BCUT2D eigenvalue weighted by molar-refractivity contribution is 6.14. The first-order valence-electron chi connectivity index (χ1n) is 14.5. The van der Waals surface area contributed by atoms with E-state index >= 15 is 0 Å². The molecular weight excluding hydrogens is 528 g/mol. The van der Waals surface area contributed by atoms with Gasteiger partial charge in [0.15, 0.2) is 5.78 Å². The maximum absolute atomic E-state index is 14.6. The molecule has 3 atom stereocenters. The molecule has 0 spiro atoms. The van der Waals surface area contributed by atoms with Crippen LogP contribution in [0.2, 0.25) is 0 Å². The number of benzene rings is 3. The topological polar surface area (TPSA) is 86.6 Å². The lowest BCUT2D eigenvalue weighted by Gasteiger charge is -2.39. The lowest BCUT2D eigenvalue weighted by Crippen LogP contribution is -2.43. The Balaban J connectivity index is 1.57. The van der Waals surface area contributed by atoms with Crippen molar-refractivity contribution in [2.75, 3.05) is 13.2 Å². The molecule has 42 heavy (non-hydrogen) atoms. The number of hydrogen-bond donors (Lipinski definition) is 1. The van der Waals surface area contributed by atoms with Crippen LogP contribution in [0, 0.1) is 5.92 Å². The van der Waals surface area contributed by atoms with E-state index in [2.05, 4.69) is 28.1 Å². The lowest BCUT2D eigenvalue weighted by molar-refractivity contribution is -0.152. The molecule has 1 N–H and O–H groups in total. The van der Waals surface area contributed by atoms with Gasteiger partial charge in [0.2, 0.25) is 0 Å². The van der Waals surface area contributed by atoms with E-state index in [-0.39, 0.29) is 19.0 Å². The molecule has 1 aliphatic heterocycles. The minimum absolute atomic E-state index is 0.169. The van der Waals surface area contributed by atoms with Crippen LogP contribution in [0.15, 0.2) is 95.3 Å². The van der Waals surface area contributed by atoms with Crippen LogP contribution in [-0.2, 0) is 30.9 Å². The number of hydrogen-bond acceptors (Lipinski definition) is 6. The average molecular weight is 563 g/mol. The first kappa shape index (κ1) is 27.5. The largest absolute Gasteiger partial charge is 0.465 e. The highest BCUT2D eigenvalue weighted by Gasteiger charge is 2.49. The number of Topliss-reactive ketones (excluding diaryl/α,β-unsaturated/α-hetero) is 1. The van der Waals surface area contributed by atoms with Crippen LogP contribution in [-0.4, -0.2) is 35.5 Å². The number of aromatic nitrogens is 1. The lowest BCUT2D eigenvalue weighted by atomic mass is 9.67. The van der Waals surface area contributed by atoms with E-state index in [1.165, 1.54) is 0 Å². The smallest absolute Gasteiger partial charge is 0.336 e. The van der Waals surface area contributed by atoms with Gasteiger partial charge in [-0.05, 0) is 56.5 Å². The number of carbonyl (C=O) groups excluding carboxylic acids is 3. The maximum atomic E-state index is 14.6. The number of ether oxygens (including phenoxy) is 2. The number of nitrogens with one attached hydrogen (secondary N) is 1. The van der Waals surface area contributed by atoms with Crippen molar-refractivity contribution in [3.05, 3.63) is 106 Å².